The molecule has 3 atom stereocenters. The van der Waals surface area contributed by atoms with Crippen molar-refractivity contribution in [1.82, 2.24) is 0 Å². The van der Waals surface area contributed by atoms with Gasteiger partial charge < -0.3 is 33.0 Å². The third-order valence-corrected chi connectivity index (χ3v) is 9.80. The van der Waals surface area contributed by atoms with Crippen molar-refractivity contribution in [1.29, 1.82) is 0 Å². The zero-order chi connectivity index (χ0) is 42.3. The Balaban J connectivity index is 4.57. The number of allylic oxidation sites excluding steroid dienone is 10. The van der Waals surface area contributed by atoms with Crippen LogP contribution in [0.1, 0.15) is 149 Å². The molecule has 0 aromatic carbocycles. The molecule has 10 nitrogen and oxygen atoms in total. The molecular weight excluding hydrogens is 741 g/mol. The minimum absolute atomic E-state index is 0.0560. The summed E-state index contributed by atoms with van der Waals surface area (Å²) in [5.41, 5.74) is 0. The number of nitrogens with zero attached hydrogens (tertiary/aromatic N) is 1. The van der Waals surface area contributed by atoms with E-state index in [9.17, 15) is 24.2 Å². The van der Waals surface area contributed by atoms with E-state index in [1.54, 1.807) is 6.08 Å². The van der Waals surface area contributed by atoms with E-state index >= 15 is 0 Å². The smallest absolute Gasteiger partial charge is 0.306 e. The van der Waals surface area contributed by atoms with Crippen molar-refractivity contribution in [2.45, 2.75) is 161 Å². The van der Waals surface area contributed by atoms with Crippen molar-refractivity contribution in [3.63, 3.8) is 0 Å². The number of rotatable bonds is 38. The third kappa shape index (κ3) is 41.4. The Labute approximate surface area is 347 Å². The number of ether oxygens (including phenoxy) is 2. The summed E-state index contributed by atoms with van der Waals surface area (Å²) in [6.45, 7) is 3.92. The SMILES string of the molecule is CC/C=C\C/C=C\CC(O)/C=C/C=C\C/C=C\C/C=C\CCC(=O)O[C@H](COC(=O)CCCCCCCCCCCCCCC)COP(=O)([O-])OCC[N+](C)(C)C. The number of aliphatic hydroxyl groups is 1. The molecule has 0 heterocycles. The van der Waals surface area contributed by atoms with Crippen molar-refractivity contribution >= 4 is 19.8 Å². The van der Waals surface area contributed by atoms with Crippen molar-refractivity contribution in [2.75, 3.05) is 47.5 Å². The molecule has 0 aliphatic heterocycles. The Morgan fingerprint density at radius 3 is 1.84 bits per heavy atom. The molecule has 0 aromatic heterocycles. The molecule has 0 aromatic rings. The number of carbonyl (C=O) groups is 2. The lowest BCUT2D eigenvalue weighted by molar-refractivity contribution is -0.870. The number of aliphatic hydroxyl groups excluding tert-OH is 1. The van der Waals surface area contributed by atoms with Crippen LogP contribution in [0.5, 0.6) is 0 Å². The van der Waals surface area contributed by atoms with Gasteiger partial charge in [0.1, 0.15) is 19.8 Å². The number of carbonyl (C=O) groups excluding carboxylic acids is 2. The fraction of sp³-hybridized carbons (Fsp3) is 0.696. The predicted molar refractivity (Wildman–Crippen MR) is 232 cm³/mol. The van der Waals surface area contributed by atoms with Gasteiger partial charge in [-0.25, -0.2) is 0 Å². The van der Waals surface area contributed by atoms with Crippen LogP contribution >= 0.6 is 7.82 Å². The fourth-order valence-corrected chi connectivity index (χ4v) is 6.14. The first-order valence-corrected chi connectivity index (χ1v) is 23.2. The summed E-state index contributed by atoms with van der Waals surface area (Å²) >= 11 is 0. The van der Waals surface area contributed by atoms with Crippen LogP contribution in [0.4, 0.5) is 0 Å². The van der Waals surface area contributed by atoms with Crippen molar-refractivity contribution in [3.05, 3.63) is 72.9 Å². The van der Waals surface area contributed by atoms with Gasteiger partial charge in [0, 0.05) is 12.8 Å². The molecule has 57 heavy (non-hydrogen) atoms. The molecule has 0 fully saturated rings. The molecule has 0 radical (unpaired) electrons. The van der Waals surface area contributed by atoms with E-state index in [-0.39, 0.29) is 26.1 Å². The van der Waals surface area contributed by atoms with Crippen LogP contribution in [0, 0.1) is 0 Å². The van der Waals surface area contributed by atoms with Gasteiger partial charge in [0.05, 0.1) is 33.9 Å². The van der Waals surface area contributed by atoms with E-state index in [2.05, 4.69) is 32.1 Å². The first kappa shape index (κ1) is 54.4. The molecule has 0 spiro atoms. The lowest BCUT2D eigenvalue weighted by atomic mass is 10.0. The van der Waals surface area contributed by atoms with Gasteiger partial charge in [-0.3, -0.25) is 14.2 Å². The third-order valence-electron chi connectivity index (χ3n) is 8.83. The van der Waals surface area contributed by atoms with E-state index in [4.69, 9.17) is 18.5 Å². The van der Waals surface area contributed by atoms with E-state index < -0.39 is 38.6 Å². The van der Waals surface area contributed by atoms with Crippen LogP contribution in [0.3, 0.4) is 0 Å². The van der Waals surface area contributed by atoms with Crippen LogP contribution in [0.2, 0.25) is 0 Å². The second kappa shape index (κ2) is 37.7. The van der Waals surface area contributed by atoms with Gasteiger partial charge in [-0.2, -0.15) is 0 Å². The van der Waals surface area contributed by atoms with Gasteiger partial charge >= 0.3 is 11.9 Å². The molecule has 2 unspecified atom stereocenters. The Morgan fingerprint density at radius 2 is 1.23 bits per heavy atom. The van der Waals surface area contributed by atoms with Crippen molar-refractivity contribution in [2.24, 2.45) is 0 Å². The number of esters is 2. The van der Waals surface area contributed by atoms with Gasteiger partial charge in [-0.05, 0) is 44.9 Å². The summed E-state index contributed by atoms with van der Waals surface area (Å²) in [6.07, 6.45) is 42.6. The molecule has 0 amide bonds. The van der Waals surface area contributed by atoms with Crippen LogP contribution in [0.25, 0.3) is 0 Å². The number of likely N-dealkylation sites (N-methyl/N-ethyl adjacent to an activating group) is 1. The summed E-state index contributed by atoms with van der Waals surface area (Å²) in [5.74, 6) is -0.966. The molecule has 328 valence electrons. The molecule has 11 heteroatoms. The quantitative estimate of drug-likeness (QED) is 0.0161. The Bertz CT molecular complexity index is 1220. The Kier molecular flexibility index (Phi) is 36.0. The average Bonchev–Trinajstić information content (AvgIpc) is 3.15. The fourth-order valence-electron chi connectivity index (χ4n) is 5.41. The first-order valence-electron chi connectivity index (χ1n) is 21.8. The zero-order valence-electron chi connectivity index (χ0n) is 36.4. The highest BCUT2D eigenvalue weighted by Crippen LogP contribution is 2.38. The van der Waals surface area contributed by atoms with Crippen LogP contribution in [-0.4, -0.2) is 81.2 Å². The standard InChI is InChI=1S/C46H80NO9P/c1-6-8-10-12-14-15-16-17-18-22-25-29-33-37-45(49)53-41-44(42-55-57(51,52)54-40-39-47(3,4)5)56-46(50)38-34-30-26-23-20-19-21-24-28-32-36-43(48)35-31-27-13-11-9-7-2/h9,11,19-20,24,26-28,30-32,36,43-44,48H,6-8,10,12-18,21-23,25,29,33-35,37-42H2,1-5H3/b11-9-,20-19-,28-24-,30-26-,31-27-,36-32+/t43?,44-/m1/s1. The molecule has 0 aliphatic rings. The summed E-state index contributed by atoms with van der Waals surface area (Å²) in [7, 11) is 1.08. The maximum atomic E-state index is 12.6. The maximum Gasteiger partial charge on any atom is 0.306 e. The van der Waals surface area contributed by atoms with Crippen LogP contribution in [-0.2, 0) is 32.7 Å². The number of phosphoric ester groups is 1. The number of unbranched alkanes of at least 4 members (excludes halogenated alkanes) is 12. The largest absolute Gasteiger partial charge is 0.756 e. The van der Waals surface area contributed by atoms with Gasteiger partial charge in [-0.1, -0.05) is 164 Å². The van der Waals surface area contributed by atoms with Crippen molar-refractivity contribution in [3.8, 4) is 0 Å². The van der Waals surface area contributed by atoms with Gasteiger partial charge in [-0.15, -0.1) is 0 Å². The highest BCUT2D eigenvalue weighted by atomic mass is 31.2. The topological polar surface area (TPSA) is 131 Å². The lowest BCUT2D eigenvalue weighted by Crippen LogP contribution is -2.37. The van der Waals surface area contributed by atoms with E-state index in [0.29, 0.717) is 36.7 Å². The second-order valence-electron chi connectivity index (χ2n) is 15.5. The number of hydrogen-bond donors (Lipinski definition) is 1. The lowest BCUT2D eigenvalue weighted by Gasteiger charge is -2.28. The Hall–Kier alpha value is -2.59. The molecule has 0 saturated carbocycles. The van der Waals surface area contributed by atoms with E-state index in [0.717, 1.165) is 38.5 Å². The first-order chi connectivity index (χ1) is 27.4. The van der Waals surface area contributed by atoms with Gasteiger partial charge in [0.2, 0.25) is 0 Å². The summed E-state index contributed by atoms with van der Waals surface area (Å²) in [6, 6.07) is 0. The van der Waals surface area contributed by atoms with Gasteiger partial charge in [0.25, 0.3) is 7.82 Å². The van der Waals surface area contributed by atoms with Crippen LogP contribution < -0.4 is 4.89 Å². The summed E-state index contributed by atoms with van der Waals surface area (Å²) in [4.78, 5) is 37.5. The zero-order valence-corrected chi connectivity index (χ0v) is 37.3. The number of phosphoric acid groups is 1. The van der Waals surface area contributed by atoms with Crippen molar-refractivity contribution < 1.29 is 47.2 Å². The van der Waals surface area contributed by atoms with E-state index in [1.165, 1.54) is 57.8 Å². The molecule has 0 rings (SSSR count). The highest BCUT2D eigenvalue weighted by molar-refractivity contribution is 7.45. The summed E-state index contributed by atoms with van der Waals surface area (Å²) < 4.78 is 33.7. The molecule has 0 saturated heterocycles. The minimum Gasteiger partial charge on any atom is -0.756 e. The monoisotopic (exact) mass is 822 g/mol. The number of quaternary nitrogens is 1. The molecule has 0 bridgehead atoms. The average molecular weight is 822 g/mol. The molecule has 1 N–H and O–H groups in total. The predicted octanol–water partition coefficient (Wildman–Crippen LogP) is 10.6. The maximum absolute atomic E-state index is 12.6. The highest BCUT2D eigenvalue weighted by Gasteiger charge is 2.21. The molecular formula is C46H80NO9P. The van der Waals surface area contributed by atoms with Crippen LogP contribution in [0.15, 0.2) is 72.9 Å². The normalized spacial score (nSPS) is 14.9. The van der Waals surface area contributed by atoms with E-state index in [1.807, 2.05) is 69.8 Å². The number of hydrogen-bond acceptors (Lipinski definition) is 9. The second-order valence-corrected chi connectivity index (χ2v) is 16.9. The minimum atomic E-state index is -4.66. The molecule has 0 aliphatic carbocycles. The Morgan fingerprint density at radius 1 is 0.667 bits per heavy atom. The summed E-state index contributed by atoms with van der Waals surface area (Å²) in [5, 5.41) is 10.0. The van der Waals surface area contributed by atoms with Gasteiger partial charge in [0.15, 0.2) is 6.10 Å².